The lowest BCUT2D eigenvalue weighted by atomic mass is 10.00. The highest BCUT2D eigenvalue weighted by Gasteiger charge is 2.05. The zero-order chi connectivity index (χ0) is 10.6. The quantitative estimate of drug-likeness (QED) is 0.759. The molecule has 0 spiro atoms. The summed E-state index contributed by atoms with van der Waals surface area (Å²) >= 11 is 4.13. The summed E-state index contributed by atoms with van der Waals surface area (Å²) in [7, 11) is 0. The zero-order valence-electron chi connectivity index (χ0n) is 7.74. The van der Waals surface area contributed by atoms with Crippen LogP contribution in [0.1, 0.15) is 24.8 Å². The minimum absolute atomic E-state index is 0.0381. The molecule has 0 saturated heterocycles. The largest absolute Gasteiger partial charge is 0.266 e. The fourth-order valence-electron chi connectivity index (χ4n) is 1.12. The Kier molecular flexibility index (Phi) is 4.07. The molecule has 4 heteroatoms. The number of hydrogen-bond acceptors (Lipinski definition) is 2. The molecule has 1 aromatic rings. The predicted octanol–water partition coefficient (Wildman–Crippen LogP) is 3.64. The normalized spacial score (nSPS) is 12.3. The summed E-state index contributed by atoms with van der Waals surface area (Å²) in [6.45, 7) is 1.88. The smallest absolute Gasteiger partial charge is 0.263 e. The van der Waals surface area contributed by atoms with Crippen LogP contribution in [0.15, 0.2) is 35.5 Å². The second-order valence-corrected chi connectivity index (χ2v) is 3.62. The lowest BCUT2D eigenvalue weighted by Gasteiger charge is -2.08. The number of pyridine rings is 1. The first-order chi connectivity index (χ1) is 6.59. The van der Waals surface area contributed by atoms with E-state index in [2.05, 4.69) is 17.6 Å². The number of hydrogen-bond donors (Lipinski definition) is 1. The van der Waals surface area contributed by atoms with E-state index in [1.165, 1.54) is 0 Å². The first-order valence-electron chi connectivity index (χ1n) is 4.24. The van der Waals surface area contributed by atoms with Gasteiger partial charge in [0, 0.05) is 17.3 Å². The fraction of sp³-hybridized carbons (Fsp3) is 0.300. The van der Waals surface area contributed by atoms with Crippen molar-refractivity contribution in [3.63, 3.8) is 0 Å². The third kappa shape index (κ3) is 3.46. The van der Waals surface area contributed by atoms with Gasteiger partial charge in [0.1, 0.15) is 0 Å². The minimum atomic E-state index is -1.63. The van der Waals surface area contributed by atoms with E-state index in [9.17, 15) is 8.78 Å². The molecule has 1 atom stereocenters. The molecule has 0 radical (unpaired) electrons. The van der Waals surface area contributed by atoms with Gasteiger partial charge in [0.2, 0.25) is 0 Å². The SMILES string of the molecule is CC(CC=C(F)F)c1cncc(S)c1. The molecular formula is C10H11F2NS. The Morgan fingerprint density at radius 3 is 2.86 bits per heavy atom. The Bertz CT molecular complexity index is 335. The van der Waals surface area contributed by atoms with E-state index in [4.69, 9.17) is 0 Å². The molecular weight excluding hydrogens is 204 g/mol. The van der Waals surface area contributed by atoms with Gasteiger partial charge in [-0.15, -0.1) is 12.6 Å². The molecule has 0 aromatic carbocycles. The monoisotopic (exact) mass is 215 g/mol. The summed E-state index contributed by atoms with van der Waals surface area (Å²) in [5.74, 6) is 0.0381. The van der Waals surface area contributed by atoms with Crippen LogP contribution in [0.2, 0.25) is 0 Å². The average molecular weight is 215 g/mol. The maximum absolute atomic E-state index is 11.8. The van der Waals surface area contributed by atoms with Crippen molar-refractivity contribution >= 4 is 12.6 Å². The van der Waals surface area contributed by atoms with Gasteiger partial charge in [0.15, 0.2) is 0 Å². The van der Waals surface area contributed by atoms with Gasteiger partial charge in [-0.05, 0) is 30.0 Å². The van der Waals surface area contributed by atoms with Crippen LogP contribution in [-0.2, 0) is 0 Å². The third-order valence-corrected chi connectivity index (χ3v) is 2.18. The van der Waals surface area contributed by atoms with Crippen LogP contribution in [0.5, 0.6) is 0 Å². The summed E-state index contributed by atoms with van der Waals surface area (Å²) in [6.07, 6.45) is 2.91. The van der Waals surface area contributed by atoms with Gasteiger partial charge >= 0.3 is 0 Å². The molecule has 1 nitrogen and oxygen atoms in total. The molecule has 0 amide bonds. The number of rotatable bonds is 3. The van der Waals surface area contributed by atoms with E-state index in [1.807, 2.05) is 13.0 Å². The molecule has 0 N–H and O–H groups in total. The van der Waals surface area contributed by atoms with E-state index in [0.717, 1.165) is 16.5 Å². The first-order valence-corrected chi connectivity index (χ1v) is 4.69. The lowest BCUT2D eigenvalue weighted by Crippen LogP contribution is -1.93. The van der Waals surface area contributed by atoms with Crippen molar-refractivity contribution in [3.05, 3.63) is 36.2 Å². The van der Waals surface area contributed by atoms with Crippen molar-refractivity contribution in [1.82, 2.24) is 4.98 Å². The number of halogens is 2. The van der Waals surface area contributed by atoms with E-state index in [-0.39, 0.29) is 5.92 Å². The minimum Gasteiger partial charge on any atom is -0.263 e. The van der Waals surface area contributed by atoms with Gasteiger partial charge in [0.25, 0.3) is 6.08 Å². The molecule has 0 saturated carbocycles. The Morgan fingerprint density at radius 1 is 1.57 bits per heavy atom. The van der Waals surface area contributed by atoms with Crippen molar-refractivity contribution in [2.45, 2.75) is 24.2 Å². The average Bonchev–Trinajstić information content (AvgIpc) is 2.14. The van der Waals surface area contributed by atoms with Crippen LogP contribution in [-0.4, -0.2) is 4.98 Å². The van der Waals surface area contributed by atoms with E-state index in [0.29, 0.717) is 6.42 Å². The van der Waals surface area contributed by atoms with Crippen molar-refractivity contribution in [2.24, 2.45) is 0 Å². The van der Waals surface area contributed by atoms with E-state index >= 15 is 0 Å². The molecule has 14 heavy (non-hydrogen) atoms. The molecule has 0 aliphatic heterocycles. The summed E-state index contributed by atoms with van der Waals surface area (Å²) in [4.78, 5) is 4.70. The Morgan fingerprint density at radius 2 is 2.29 bits per heavy atom. The standard InChI is InChI=1S/C10H11F2NS/c1-7(2-3-10(11)12)8-4-9(14)6-13-5-8/h3-7,14H,2H2,1H3. The Balaban J connectivity index is 2.69. The van der Waals surface area contributed by atoms with Crippen LogP contribution in [0.3, 0.4) is 0 Å². The maximum Gasteiger partial charge on any atom is 0.266 e. The second kappa shape index (κ2) is 5.10. The molecule has 0 fully saturated rings. The van der Waals surface area contributed by atoms with Gasteiger partial charge < -0.3 is 0 Å². The van der Waals surface area contributed by atoms with E-state index < -0.39 is 6.08 Å². The zero-order valence-corrected chi connectivity index (χ0v) is 8.64. The topological polar surface area (TPSA) is 12.9 Å². The number of allylic oxidation sites excluding steroid dienone is 1. The molecule has 0 aliphatic rings. The van der Waals surface area contributed by atoms with Gasteiger partial charge in [-0.3, -0.25) is 4.98 Å². The summed E-state index contributed by atoms with van der Waals surface area (Å²) in [6, 6.07) is 1.84. The highest BCUT2D eigenvalue weighted by Crippen LogP contribution is 2.21. The van der Waals surface area contributed by atoms with Crippen molar-refractivity contribution < 1.29 is 8.78 Å². The Hall–Kier alpha value is -0.900. The van der Waals surface area contributed by atoms with Crippen LogP contribution in [0.4, 0.5) is 8.78 Å². The van der Waals surface area contributed by atoms with Gasteiger partial charge in [0.05, 0.1) is 0 Å². The summed E-state index contributed by atoms with van der Waals surface area (Å²) in [5.41, 5.74) is 0.926. The summed E-state index contributed by atoms with van der Waals surface area (Å²) < 4.78 is 23.6. The van der Waals surface area contributed by atoms with E-state index in [1.54, 1.807) is 12.4 Å². The predicted molar refractivity (Wildman–Crippen MR) is 54.8 cm³/mol. The van der Waals surface area contributed by atoms with Crippen LogP contribution in [0, 0.1) is 0 Å². The van der Waals surface area contributed by atoms with Gasteiger partial charge in [-0.2, -0.15) is 8.78 Å². The van der Waals surface area contributed by atoms with Crippen molar-refractivity contribution in [3.8, 4) is 0 Å². The highest BCUT2D eigenvalue weighted by molar-refractivity contribution is 7.80. The first kappa shape index (κ1) is 11.2. The van der Waals surface area contributed by atoms with Gasteiger partial charge in [-0.1, -0.05) is 6.92 Å². The molecule has 1 unspecified atom stereocenters. The molecule has 76 valence electrons. The Labute approximate surface area is 87.3 Å². The van der Waals surface area contributed by atoms with Crippen LogP contribution < -0.4 is 0 Å². The number of aromatic nitrogens is 1. The lowest BCUT2D eigenvalue weighted by molar-refractivity contribution is 0.416. The van der Waals surface area contributed by atoms with Gasteiger partial charge in [-0.25, -0.2) is 0 Å². The third-order valence-electron chi connectivity index (χ3n) is 1.94. The molecule has 0 aliphatic carbocycles. The second-order valence-electron chi connectivity index (χ2n) is 3.11. The van der Waals surface area contributed by atoms with Crippen molar-refractivity contribution in [1.29, 1.82) is 0 Å². The van der Waals surface area contributed by atoms with Crippen LogP contribution in [0.25, 0.3) is 0 Å². The number of nitrogens with zero attached hydrogens (tertiary/aromatic N) is 1. The van der Waals surface area contributed by atoms with Crippen LogP contribution >= 0.6 is 12.6 Å². The molecule has 1 rings (SSSR count). The molecule has 1 aromatic heterocycles. The number of thiol groups is 1. The highest BCUT2D eigenvalue weighted by atomic mass is 32.1. The summed E-state index contributed by atoms with van der Waals surface area (Å²) in [5, 5.41) is 0. The maximum atomic E-state index is 11.8. The van der Waals surface area contributed by atoms with Crippen molar-refractivity contribution in [2.75, 3.05) is 0 Å². The molecule has 0 bridgehead atoms. The fourth-order valence-corrected chi connectivity index (χ4v) is 1.33. The molecule has 1 heterocycles.